The monoisotopic (exact) mass is 560 g/mol. The number of nitrogens with one attached hydrogen (secondary N) is 1. The average Bonchev–Trinajstić information content (AvgIpc) is 3.66. The van der Waals surface area contributed by atoms with Gasteiger partial charge in [0, 0.05) is 17.0 Å². The van der Waals surface area contributed by atoms with E-state index in [1.807, 2.05) is 0 Å². The molecule has 2 amide bonds. The van der Waals surface area contributed by atoms with Gasteiger partial charge in [0.25, 0.3) is 5.91 Å². The van der Waals surface area contributed by atoms with Gasteiger partial charge in [-0.3, -0.25) is 14.9 Å². The number of amides is 2. The van der Waals surface area contributed by atoms with E-state index >= 15 is 0 Å². The van der Waals surface area contributed by atoms with Crippen molar-refractivity contribution in [3.63, 3.8) is 0 Å². The summed E-state index contributed by atoms with van der Waals surface area (Å²) in [6, 6.07) is 8.24. The van der Waals surface area contributed by atoms with Crippen LogP contribution in [0.25, 0.3) is 11.3 Å². The number of nitrogens with zero attached hydrogens (tertiary/aromatic N) is 3. The van der Waals surface area contributed by atoms with Gasteiger partial charge in [-0.05, 0) is 51.5 Å². The Hall–Kier alpha value is -3.87. The van der Waals surface area contributed by atoms with Gasteiger partial charge in [0.2, 0.25) is 11.8 Å². The number of aromatic nitrogens is 3. The number of rotatable bonds is 8. The van der Waals surface area contributed by atoms with Crippen LogP contribution in [0, 0.1) is 5.41 Å². The van der Waals surface area contributed by atoms with Crippen molar-refractivity contribution in [1.29, 1.82) is 0 Å². The molecule has 10 nitrogen and oxygen atoms in total. The van der Waals surface area contributed by atoms with Crippen molar-refractivity contribution in [3.8, 4) is 11.3 Å². The number of alkyl halides is 3. The van der Waals surface area contributed by atoms with Crippen molar-refractivity contribution < 1.29 is 32.4 Å². The predicted octanol–water partition coefficient (Wildman–Crippen LogP) is 3.89. The zero-order valence-corrected chi connectivity index (χ0v) is 22.1. The lowest BCUT2D eigenvalue weighted by atomic mass is 9.80. The summed E-state index contributed by atoms with van der Waals surface area (Å²) in [5.41, 5.74) is 10.4. The number of halogens is 3. The minimum absolute atomic E-state index is 0.00533. The largest absolute Gasteiger partial charge is 0.394 e. The molecule has 3 aromatic rings. The normalized spacial score (nSPS) is 22.6. The molecule has 2 aromatic heterocycles. The van der Waals surface area contributed by atoms with Crippen LogP contribution in [0.1, 0.15) is 67.6 Å². The molecule has 2 aliphatic rings. The number of hydrogen-bond acceptors (Lipinski definition) is 7. The van der Waals surface area contributed by atoms with Gasteiger partial charge in [-0.25, -0.2) is 4.68 Å². The molecule has 5 rings (SSSR count). The fourth-order valence-electron chi connectivity index (χ4n) is 6.07. The summed E-state index contributed by atoms with van der Waals surface area (Å²) in [6.45, 7) is 3.15. The summed E-state index contributed by atoms with van der Waals surface area (Å²) in [4.78, 5) is 24.8. The maximum atomic E-state index is 13.6. The third-order valence-corrected chi connectivity index (χ3v) is 8.48. The van der Waals surface area contributed by atoms with Gasteiger partial charge in [-0.15, -0.1) is 0 Å². The maximum Gasteiger partial charge on any atom is 0.394 e. The van der Waals surface area contributed by atoms with E-state index < -0.39 is 34.4 Å². The zero-order chi connectivity index (χ0) is 29.1. The summed E-state index contributed by atoms with van der Waals surface area (Å²) >= 11 is 0. The number of anilines is 2. The first-order chi connectivity index (χ1) is 18.7. The van der Waals surface area contributed by atoms with Crippen molar-refractivity contribution in [3.05, 3.63) is 47.2 Å². The van der Waals surface area contributed by atoms with Crippen molar-refractivity contribution in [2.45, 2.75) is 69.5 Å². The molecule has 0 aliphatic heterocycles. The van der Waals surface area contributed by atoms with Crippen molar-refractivity contribution in [1.82, 2.24) is 14.9 Å². The predicted molar refractivity (Wildman–Crippen MR) is 139 cm³/mol. The maximum absolute atomic E-state index is 13.6. The summed E-state index contributed by atoms with van der Waals surface area (Å²) in [5.74, 6) is -1.04. The van der Waals surface area contributed by atoms with E-state index in [-0.39, 0.29) is 55.2 Å². The molecule has 40 heavy (non-hydrogen) atoms. The highest BCUT2D eigenvalue weighted by molar-refractivity contribution is 6.03. The van der Waals surface area contributed by atoms with Crippen LogP contribution >= 0.6 is 0 Å². The number of aliphatic hydroxyl groups excluding tert-OH is 1. The molecule has 2 saturated carbocycles. The van der Waals surface area contributed by atoms with Crippen LogP contribution in [-0.2, 0) is 22.2 Å². The van der Waals surface area contributed by atoms with Crippen LogP contribution in [0.5, 0.6) is 0 Å². The summed E-state index contributed by atoms with van der Waals surface area (Å²) in [5, 5.41) is 20.8. The van der Waals surface area contributed by atoms with E-state index in [2.05, 4.69) is 15.6 Å². The highest BCUT2D eigenvalue weighted by Gasteiger charge is 2.67. The third kappa shape index (κ3) is 4.51. The average molecular weight is 561 g/mol. The van der Waals surface area contributed by atoms with Crippen LogP contribution in [0.2, 0.25) is 0 Å². The number of hydrogen-bond donors (Lipinski definition) is 4. The molecule has 2 heterocycles. The molecule has 0 unspecified atom stereocenters. The molecule has 2 fully saturated rings. The fourth-order valence-corrected chi connectivity index (χ4v) is 6.07. The standard InChI is InChI=1S/C27H31F3N6O4/c1-24(2,14-37)36-22(31)20(23(32)39)21(34-36)16-5-3-15(4-6-16)11-18(38)33-19-12-17(35-40-19)25-7-9-26(13-25,10-8-25)27(28,29)30/h3-6,12,37H,7-11,13-14,31H2,1-2H3,(H2,32,39)(H,33,38). The first-order valence-electron chi connectivity index (χ1n) is 12.9. The molecule has 214 valence electrons. The third-order valence-electron chi connectivity index (χ3n) is 8.48. The van der Waals surface area contributed by atoms with Gasteiger partial charge in [-0.2, -0.15) is 18.3 Å². The van der Waals surface area contributed by atoms with Crippen molar-refractivity contribution in [2.75, 3.05) is 17.7 Å². The van der Waals surface area contributed by atoms with Gasteiger partial charge in [0.15, 0.2) is 0 Å². The lowest BCUT2D eigenvalue weighted by molar-refractivity contribution is -0.220. The molecule has 2 bridgehead atoms. The number of benzene rings is 1. The number of primary amides is 1. The lowest BCUT2D eigenvalue weighted by Crippen LogP contribution is -2.33. The molecular weight excluding hydrogens is 529 g/mol. The Balaban J connectivity index is 1.27. The minimum atomic E-state index is -4.24. The Kier molecular flexibility index (Phi) is 6.48. The van der Waals surface area contributed by atoms with E-state index in [0.29, 0.717) is 29.7 Å². The number of carbonyl (C=O) groups is 2. The zero-order valence-electron chi connectivity index (χ0n) is 22.1. The second-order valence-electron chi connectivity index (χ2n) is 11.6. The molecule has 0 atom stereocenters. The smallest absolute Gasteiger partial charge is 0.394 e. The Morgan fingerprint density at radius 2 is 1.80 bits per heavy atom. The Morgan fingerprint density at radius 1 is 1.15 bits per heavy atom. The highest BCUT2D eigenvalue weighted by atomic mass is 19.4. The molecular formula is C27H31F3N6O4. The molecule has 0 radical (unpaired) electrons. The van der Waals surface area contributed by atoms with Gasteiger partial charge in [-0.1, -0.05) is 29.4 Å². The first kappa shape index (κ1) is 27.7. The molecule has 2 aliphatic carbocycles. The van der Waals surface area contributed by atoms with E-state index in [9.17, 15) is 27.9 Å². The number of nitrogen functional groups attached to an aromatic ring is 1. The van der Waals surface area contributed by atoms with Crippen LogP contribution in [-0.4, -0.2) is 44.6 Å². The number of nitrogens with two attached hydrogens (primary N) is 2. The quantitative estimate of drug-likeness (QED) is 0.325. The molecule has 0 saturated heterocycles. The van der Waals surface area contributed by atoms with E-state index in [4.69, 9.17) is 16.0 Å². The van der Waals surface area contributed by atoms with Gasteiger partial charge in [0.1, 0.15) is 17.1 Å². The fraction of sp³-hybridized carbons (Fsp3) is 0.481. The molecule has 1 aromatic carbocycles. The van der Waals surface area contributed by atoms with Gasteiger partial charge < -0.3 is 21.1 Å². The topological polar surface area (TPSA) is 162 Å². The number of aliphatic hydroxyl groups is 1. The Labute approximate surface area is 227 Å². The second-order valence-corrected chi connectivity index (χ2v) is 11.6. The summed E-state index contributed by atoms with van der Waals surface area (Å²) < 4.78 is 47.5. The molecule has 0 spiro atoms. The van der Waals surface area contributed by atoms with Crippen LogP contribution in [0.3, 0.4) is 0 Å². The number of carbonyl (C=O) groups excluding carboxylic acids is 2. The lowest BCUT2D eigenvalue weighted by Gasteiger charge is -2.29. The molecule has 6 N–H and O–H groups in total. The van der Waals surface area contributed by atoms with Crippen LogP contribution in [0.4, 0.5) is 24.9 Å². The number of fused-ring (bicyclic) bond motifs is 2. The van der Waals surface area contributed by atoms with Crippen molar-refractivity contribution in [2.24, 2.45) is 11.1 Å². The molecule has 13 heteroatoms. The Morgan fingerprint density at radius 3 is 2.35 bits per heavy atom. The minimum Gasteiger partial charge on any atom is -0.394 e. The van der Waals surface area contributed by atoms with Crippen molar-refractivity contribution >= 4 is 23.5 Å². The Bertz CT molecular complexity index is 1450. The van der Waals surface area contributed by atoms with E-state index in [1.54, 1.807) is 38.1 Å². The highest BCUT2D eigenvalue weighted by Crippen LogP contribution is 2.67. The summed E-state index contributed by atoms with van der Waals surface area (Å²) in [7, 11) is 0. The SMILES string of the molecule is CC(C)(CO)n1nc(-c2ccc(CC(=O)Nc3cc(C45CCC(C(F)(F)F)(CC4)C5)no3)cc2)c(C(N)=O)c1N. The summed E-state index contributed by atoms with van der Waals surface area (Å²) in [6.07, 6.45) is -3.34. The van der Waals surface area contributed by atoms with Crippen LogP contribution in [0.15, 0.2) is 34.9 Å². The van der Waals surface area contributed by atoms with E-state index in [0.717, 1.165) is 0 Å². The van der Waals surface area contributed by atoms with Gasteiger partial charge >= 0.3 is 6.18 Å². The van der Waals surface area contributed by atoms with E-state index in [1.165, 1.54) is 10.7 Å². The van der Waals surface area contributed by atoms with Crippen LogP contribution < -0.4 is 16.8 Å². The van der Waals surface area contributed by atoms with Gasteiger partial charge in [0.05, 0.1) is 29.7 Å². The first-order valence-corrected chi connectivity index (χ1v) is 12.9. The second kappa shape index (κ2) is 9.36.